The van der Waals surface area contributed by atoms with E-state index in [2.05, 4.69) is 24.2 Å². The zero-order chi connectivity index (χ0) is 13.3. The quantitative estimate of drug-likeness (QED) is 0.845. The minimum atomic E-state index is 0.386. The van der Waals surface area contributed by atoms with Gasteiger partial charge in [-0.3, -0.25) is 4.99 Å². The molecule has 1 aliphatic rings. The number of benzene rings is 1. The van der Waals surface area contributed by atoms with E-state index < -0.39 is 0 Å². The topological polar surface area (TPSA) is 24.4 Å². The molecule has 0 aromatic heterocycles. The van der Waals surface area contributed by atoms with E-state index in [0.29, 0.717) is 22.0 Å². The summed E-state index contributed by atoms with van der Waals surface area (Å²) in [5.41, 5.74) is 1.80. The number of nitrogens with one attached hydrogen (secondary N) is 1. The lowest BCUT2D eigenvalue weighted by atomic mass is 10.1. The van der Waals surface area contributed by atoms with E-state index in [1.54, 1.807) is 11.8 Å². The van der Waals surface area contributed by atoms with Gasteiger partial charge in [0.05, 0.1) is 16.8 Å². The van der Waals surface area contributed by atoms with E-state index in [1.807, 2.05) is 19.1 Å². The standard InChI is InChI=1S/C13H16Cl2N2S/c1-7(2)12-6-18-13(17-12)16-11-5-9(14)8(3)4-10(11)15/h4-5,7,12H,6H2,1-3H3,(H,16,17). The van der Waals surface area contributed by atoms with Gasteiger partial charge < -0.3 is 5.32 Å². The van der Waals surface area contributed by atoms with Gasteiger partial charge in [0.1, 0.15) is 0 Å². The molecule has 1 heterocycles. The Morgan fingerprint density at radius 2 is 2.06 bits per heavy atom. The Kier molecular flexibility index (Phi) is 4.46. The molecule has 1 aromatic rings. The van der Waals surface area contributed by atoms with Crippen LogP contribution in [0.15, 0.2) is 17.1 Å². The number of thioether (sulfide) groups is 1. The van der Waals surface area contributed by atoms with Crippen molar-refractivity contribution in [1.29, 1.82) is 0 Å². The second-order valence-electron chi connectivity index (χ2n) is 4.76. The smallest absolute Gasteiger partial charge is 0.161 e. The van der Waals surface area contributed by atoms with Crippen LogP contribution in [0.2, 0.25) is 10.0 Å². The third-order valence-electron chi connectivity index (χ3n) is 2.93. The van der Waals surface area contributed by atoms with Gasteiger partial charge in [-0.15, -0.1) is 0 Å². The average Bonchev–Trinajstić information content (AvgIpc) is 2.74. The number of halogens is 2. The van der Waals surface area contributed by atoms with Crippen molar-refractivity contribution < 1.29 is 0 Å². The van der Waals surface area contributed by atoms with Crippen molar-refractivity contribution in [3.8, 4) is 0 Å². The summed E-state index contributed by atoms with van der Waals surface area (Å²) in [5.74, 6) is 1.59. The van der Waals surface area contributed by atoms with E-state index in [1.165, 1.54) is 0 Å². The van der Waals surface area contributed by atoms with Crippen LogP contribution in [0.25, 0.3) is 0 Å². The summed E-state index contributed by atoms with van der Waals surface area (Å²) < 4.78 is 0. The first-order chi connectivity index (χ1) is 8.47. The van der Waals surface area contributed by atoms with Crippen LogP contribution in [-0.2, 0) is 0 Å². The van der Waals surface area contributed by atoms with Crippen molar-refractivity contribution in [2.24, 2.45) is 10.9 Å². The van der Waals surface area contributed by atoms with Gasteiger partial charge in [0.25, 0.3) is 0 Å². The summed E-state index contributed by atoms with van der Waals surface area (Å²) in [5, 5.41) is 5.57. The van der Waals surface area contributed by atoms with Crippen molar-refractivity contribution in [1.82, 2.24) is 0 Å². The number of rotatable bonds is 2. The van der Waals surface area contributed by atoms with Gasteiger partial charge in [-0.2, -0.15) is 0 Å². The van der Waals surface area contributed by atoms with E-state index in [9.17, 15) is 0 Å². The molecular weight excluding hydrogens is 287 g/mol. The molecule has 0 radical (unpaired) electrons. The third-order valence-corrected chi connectivity index (χ3v) is 4.64. The largest absolute Gasteiger partial charge is 0.334 e. The molecule has 0 spiro atoms. The van der Waals surface area contributed by atoms with Gasteiger partial charge >= 0.3 is 0 Å². The molecule has 0 aliphatic carbocycles. The molecule has 98 valence electrons. The van der Waals surface area contributed by atoms with Gasteiger partial charge in [0.15, 0.2) is 5.17 Å². The summed E-state index contributed by atoms with van der Waals surface area (Å²) >= 11 is 14.0. The van der Waals surface area contributed by atoms with Crippen LogP contribution in [0.1, 0.15) is 19.4 Å². The molecule has 0 bridgehead atoms. The highest BCUT2D eigenvalue weighted by atomic mass is 35.5. The fourth-order valence-corrected chi connectivity index (χ4v) is 3.27. The number of hydrogen-bond donors (Lipinski definition) is 1. The lowest BCUT2D eigenvalue weighted by molar-refractivity contribution is 0.543. The minimum absolute atomic E-state index is 0.386. The van der Waals surface area contributed by atoms with Crippen molar-refractivity contribution in [2.45, 2.75) is 26.8 Å². The van der Waals surface area contributed by atoms with Gasteiger partial charge in [-0.05, 0) is 30.5 Å². The number of aliphatic imine (C=N–C) groups is 1. The van der Waals surface area contributed by atoms with Crippen LogP contribution in [0, 0.1) is 12.8 Å². The SMILES string of the molecule is Cc1cc(Cl)c(NC2=NC(C(C)C)CS2)cc1Cl. The Morgan fingerprint density at radius 3 is 2.67 bits per heavy atom. The van der Waals surface area contributed by atoms with Crippen molar-refractivity contribution in [3.05, 3.63) is 27.7 Å². The lowest BCUT2D eigenvalue weighted by Gasteiger charge is -2.10. The molecule has 2 rings (SSSR count). The van der Waals surface area contributed by atoms with Gasteiger partial charge in [0.2, 0.25) is 0 Å². The van der Waals surface area contributed by atoms with Crippen LogP contribution in [0.5, 0.6) is 0 Å². The summed E-state index contributed by atoms with van der Waals surface area (Å²) in [6.45, 7) is 6.31. The zero-order valence-electron chi connectivity index (χ0n) is 10.6. The second-order valence-corrected chi connectivity index (χ2v) is 6.59. The molecule has 1 aromatic carbocycles. The first-order valence-electron chi connectivity index (χ1n) is 5.90. The van der Waals surface area contributed by atoms with Crippen molar-refractivity contribution in [3.63, 3.8) is 0 Å². The zero-order valence-corrected chi connectivity index (χ0v) is 13.0. The Balaban J connectivity index is 2.16. The number of anilines is 1. The normalized spacial score (nSPS) is 19.2. The first-order valence-corrected chi connectivity index (χ1v) is 7.65. The Labute approximate surface area is 122 Å². The highest BCUT2D eigenvalue weighted by Crippen LogP contribution is 2.31. The van der Waals surface area contributed by atoms with Gasteiger partial charge in [-0.25, -0.2) is 0 Å². The minimum Gasteiger partial charge on any atom is -0.334 e. The van der Waals surface area contributed by atoms with Crippen LogP contribution in [0.4, 0.5) is 5.69 Å². The van der Waals surface area contributed by atoms with E-state index >= 15 is 0 Å². The van der Waals surface area contributed by atoms with E-state index in [4.69, 9.17) is 23.2 Å². The molecule has 1 N–H and O–H groups in total. The number of amidine groups is 1. The summed E-state index contributed by atoms with van der Waals surface area (Å²) in [4.78, 5) is 4.64. The highest BCUT2D eigenvalue weighted by molar-refractivity contribution is 8.14. The lowest BCUT2D eigenvalue weighted by Crippen LogP contribution is -2.12. The molecule has 1 aliphatic heterocycles. The Bertz CT molecular complexity index is 486. The fourth-order valence-electron chi connectivity index (χ4n) is 1.66. The molecule has 1 atom stereocenters. The third kappa shape index (κ3) is 3.14. The first kappa shape index (κ1) is 14.0. The maximum absolute atomic E-state index is 6.19. The summed E-state index contributed by atoms with van der Waals surface area (Å²) in [6.07, 6.45) is 0. The predicted octanol–water partition coefficient (Wildman–Crippen LogP) is 4.84. The maximum atomic E-state index is 6.19. The molecule has 0 fully saturated rings. The van der Waals surface area contributed by atoms with Crippen molar-refractivity contribution in [2.75, 3.05) is 11.1 Å². The monoisotopic (exact) mass is 302 g/mol. The second kappa shape index (κ2) is 5.72. The fraction of sp³-hybridized carbons (Fsp3) is 0.462. The van der Waals surface area contributed by atoms with Crippen LogP contribution < -0.4 is 5.32 Å². The van der Waals surface area contributed by atoms with Crippen LogP contribution >= 0.6 is 35.0 Å². The molecule has 5 heteroatoms. The number of aryl methyl sites for hydroxylation is 1. The molecule has 0 saturated heterocycles. The molecule has 2 nitrogen and oxygen atoms in total. The molecule has 0 saturated carbocycles. The average molecular weight is 303 g/mol. The van der Waals surface area contributed by atoms with Gasteiger partial charge in [-0.1, -0.05) is 48.8 Å². The Hall–Kier alpha value is -0.380. The molecule has 18 heavy (non-hydrogen) atoms. The summed E-state index contributed by atoms with van der Waals surface area (Å²) in [6, 6.07) is 4.11. The van der Waals surface area contributed by atoms with E-state index in [0.717, 1.165) is 22.2 Å². The predicted molar refractivity (Wildman–Crippen MR) is 83.3 cm³/mol. The van der Waals surface area contributed by atoms with Gasteiger partial charge in [0, 0.05) is 10.8 Å². The molecule has 0 amide bonds. The van der Waals surface area contributed by atoms with Crippen LogP contribution in [-0.4, -0.2) is 17.0 Å². The van der Waals surface area contributed by atoms with E-state index in [-0.39, 0.29) is 0 Å². The molecular formula is C13H16Cl2N2S. The molecule has 1 unspecified atom stereocenters. The number of nitrogens with zero attached hydrogens (tertiary/aromatic N) is 1. The highest BCUT2D eigenvalue weighted by Gasteiger charge is 2.21. The van der Waals surface area contributed by atoms with Crippen LogP contribution in [0.3, 0.4) is 0 Å². The number of hydrogen-bond acceptors (Lipinski definition) is 3. The van der Waals surface area contributed by atoms with Crippen molar-refractivity contribution >= 4 is 45.8 Å². The Morgan fingerprint density at radius 1 is 1.33 bits per heavy atom. The maximum Gasteiger partial charge on any atom is 0.161 e. The summed E-state index contributed by atoms with van der Waals surface area (Å²) in [7, 11) is 0.